The minimum atomic E-state index is -0.116. The van der Waals surface area contributed by atoms with Crippen LogP contribution in [-0.2, 0) is 0 Å². The summed E-state index contributed by atoms with van der Waals surface area (Å²) in [7, 11) is 0. The fraction of sp³-hybridized carbons (Fsp3) is 0.0444. The van der Waals surface area contributed by atoms with Gasteiger partial charge in [0.25, 0.3) is 0 Å². The van der Waals surface area contributed by atoms with Gasteiger partial charge in [0.2, 0.25) is 0 Å². The second kappa shape index (κ2) is 11.1. The van der Waals surface area contributed by atoms with Crippen molar-refractivity contribution in [3.8, 4) is 33.9 Å². The molecule has 0 aliphatic heterocycles. The molecule has 10 aromatic rings. The SMILES string of the molecule is C1=Cc2oc3c(-c4ccc5c(c4)oc4ccccc45)cccc3c2C(c2nc(-c3ccccc3)nc(-c3ccc4sc5ccccc5c4c3)n2)C1. The molecule has 1 atom stereocenters. The second-order valence-electron chi connectivity index (χ2n) is 13.1. The molecule has 1 aliphatic carbocycles. The fourth-order valence-electron chi connectivity index (χ4n) is 7.68. The standard InChI is InChI=1S/C45H27N3O2S/c1-2-10-26(11-3-1)43-46-44(28-21-23-40-35(24-28)32-13-5-7-19-39(32)51-40)48-45(47-43)34-16-9-18-37-41(34)33-15-8-14-29(42(33)50-37)27-20-22-31-30-12-4-6-17-36(30)49-38(31)25-27/h1-15,17-25,34H,16H2. The minimum Gasteiger partial charge on any atom is -0.456 e. The van der Waals surface area contributed by atoms with Gasteiger partial charge in [-0.1, -0.05) is 97.1 Å². The van der Waals surface area contributed by atoms with Crippen molar-refractivity contribution in [2.24, 2.45) is 0 Å². The molecule has 1 unspecified atom stereocenters. The van der Waals surface area contributed by atoms with E-state index in [0.717, 1.165) is 78.7 Å². The molecule has 11 rings (SSSR count). The van der Waals surface area contributed by atoms with Crippen LogP contribution in [0.4, 0.5) is 0 Å². The maximum absolute atomic E-state index is 6.72. The summed E-state index contributed by atoms with van der Waals surface area (Å²) in [5.74, 6) is 2.79. The van der Waals surface area contributed by atoms with Gasteiger partial charge in [0.05, 0.1) is 5.92 Å². The van der Waals surface area contributed by atoms with Gasteiger partial charge in [0.15, 0.2) is 11.6 Å². The Labute approximate surface area is 296 Å². The van der Waals surface area contributed by atoms with Crippen molar-refractivity contribution in [2.45, 2.75) is 12.3 Å². The van der Waals surface area contributed by atoms with Crippen LogP contribution in [0.15, 0.2) is 148 Å². The molecule has 0 saturated carbocycles. The third-order valence-electron chi connectivity index (χ3n) is 10.1. The van der Waals surface area contributed by atoms with Crippen LogP contribution < -0.4 is 0 Å². The van der Waals surface area contributed by atoms with E-state index in [1.807, 2.05) is 47.7 Å². The highest BCUT2D eigenvalue weighted by Gasteiger charge is 2.30. The number of furan rings is 2. The number of aromatic nitrogens is 3. The van der Waals surface area contributed by atoms with E-state index in [4.69, 9.17) is 23.8 Å². The zero-order valence-corrected chi connectivity index (χ0v) is 28.0. The number of rotatable bonds is 4. The summed E-state index contributed by atoms with van der Waals surface area (Å²) in [6.45, 7) is 0. The van der Waals surface area contributed by atoms with Crippen molar-refractivity contribution in [3.63, 3.8) is 0 Å². The van der Waals surface area contributed by atoms with Crippen LogP contribution in [-0.4, -0.2) is 15.0 Å². The zero-order valence-electron chi connectivity index (χ0n) is 27.2. The molecule has 0 N–H and O–H groups in total. The lowest BCUT2D eigenvalue weighted by Gasteiger charge is -2.19. The molecule has 4 heterocycles. The number of thiophene rings is 1. The van der Waals surface area contributed by atoms with Crippen LogP contribution in [0.5, 0.6) is 0 Å². The molecule has 5 nitrogen and oxygen atoms in total. The van der Waals surface area contributed by atoms with Crippen LogP contribution in [0, 0.1) is 0 Å². The van der Waals surface area contributed by atoms with E-state index in [-0.39, 0.29) is 5.92 Å². The van der Waals surface area contributed by atoms with Gasteiger partial charge in [0, 0.05) is 58.6 Å². The molecule has 0 saturated heterocycles. The minimum absolute atomic E-state index is 0.116. The summed E-state index contributed by atoms with van der Waals surface area (Å²) in [5, 5.41) is 5.76. The van der Waals surface area contributed by atoms with Crippen molar-refractivity contribution >= 4 is 70.5 Å². The van der Waals surface area contributed by atoms with Gasteiger partial charge in [0.1, 0.15) is 28.3 Å². The second-order valence-corrected chi connectivity index (χ2v) is 14.2. The topological polar surface area (TPSA) is 65.0 Å². The lowest BCUT2D eigenvalue weighted by molar-refractivity contribution is 0.587. The van der Waals surface area contributed by atoms with E-state index in [1.165, 1.54) is 20.2 Å². The number of para-hydroxylation sites is 2. The molecule has 6 heteroatoms. The predicted molar refractivity (Wildman–Crippen MR) is 208 cm³/mol. The molecule has 240 valence electrons. The first-order valence-corrected chi connectivity index (χ1v) is 17.9. The van der Waals surface area contributed by atoms with E-state index in [2.05, 4.69) is 109 Å². The number of benzene rings is 6. The van der Waals surface area contributed by atoms with Gasteiger partial charge in [-0.3, -0.25) is 0 Å². The molecular formula is C45H27N3O2S. The summed E-state index contributed by atoms with van der Waals surface area (Å²) in [6, 6.07) is 46.3. The van der Waals surface area contributed by atoms with Crippen molar-refractivity contribution in [1.82, 2.24) is 15.0 Å². The summed E-state index contributed by atoms with van der Waals surface area (Å²) >= 11 is 1.81. The fourth-order valence-corrected chi connectivity index (χ4v) is 8.77. The van der Waals surface area contributed by atoms with E-state index in [1.54, 1.807) is 0 Å². The number of hydrogen-bond donors (Lipinski definition) is 0. The Morgan fingerprint density at radius 2 is 1.27 bits per heavy atom. The number of hydrogen-bond acceptors (Lipinski definition) is 6. The van der Waals surface area contributed by atoms with Gasteiger partial charge in [-0.15, -0.1) is 11.3 Å². The lowest BCUT2D eigenvalue weighted by Crippen LogP contribution is -2.11. The van der Waals surface area contributed by atoms with Crippen molar-refractivity contribution in [1.29, 1.82) is 0 Å². The summed E-state index contributed by atoms with van der Waals surface area (Å²) in [6.07, 6.45) is 5.02. The van der Waals surface area contributed by atoms with Crippen LogP contribution >= 0.6 is 11.3 Å². The first-order chi connectivity index (χ1) is 25.2. The van der Waals surface area contributed by atoms with Gasteiger partial charge in [-0.2, -0.15) is 0 Å². The van der Waals surface area contributed by atoms with Crippen LogP contribution in [0.25, 0.3) is 93.1 Å². The smallest absolute Gasteiger partial charge is 0.163 e. The highest BCUT2D eigenvalue weighted by molar-refractivity contribution is 7.25. The van der Waals surface area contributed by atoms with Crippen molar-refractivity contribution < 1.29 is 8.83 Å². The first-order valence-electron chi connectivity index (χ1n) is 17.1. The maximum Gasteiger partial charge on any atom is 0.163 e. The van der Waals surface area contributed by atoms with Gasteiger partial charge < -0.3 is 8.83 Å². The highest BCUT2D eigenvalue weighted by atomic mass is 32.1. The predicted octanol–water partition coefficient (Wildman–Crippen LogP) is 12.4. The molecule has 0 bridgehead atoms. The Balaban J connectivity index is 1.07. The quantitative estimate of drug-likeness (QED) is 0.186. The van der Waals surface area contributed by atoms with E-state index in [0.29, 0.717) is 11.6 Å². The number of nitrogens with zero attached hydrogens (tertiary/aromatic N) is 3. The molecule has 4 aromatic heterocycles. The highest BCUT2D eigenvalue weighted by Crippen LogP contribution is 2.45. The van der Waals surface area contributed by atoms with Gasteiger partial charge >= 0.3 is 0 Å². The molecule has 0 spiro atoms. The summed E-state index contributed by atoms with van der Waals surface area (Å²) in [4.78, 5) is 15.5. The summed E-state index contributed by atoms with van der Waals surface area (Å²) < 4.78 is 15.5. The van der Waals surface area contributed by atoms with E-state index in [9.17, 15) is 0 Å². The molecule has 0 fully saturated rings. The molecule has 6 aromatic carbocycles. The Bertz CT molecular complexity index is 3020. The van der Waals surface area contributed by atoms with E-state index >= 15 is 0 Å². The number of allylic oxidation sites excluding steroid dienone is 1. The Hall–Kier alpha value is -6.37. The maximum atomic E-state index is 6.72. The molecule has 0 radical (unpaired) electrons. The normalized spacial score (nSPS) is 14.3. The van der Waals surface area contributed by atoms with Crippen molar-refractivity contribution in [3.05, 3.63) is 157 Å². The van der Waals surface area contributed by atoms with Gasteiger partial charge in [-0.05, 0) is 60.5 Å². The first kappa shape index (κ1) is 28.5. The third-order valence-corrected chi connectivity index (χ3v) is 11.2. The zero-order chi connectivity index (χ0) is 33.5. The average Bonchev–Trinajstić information content (AvgIpc) is 3.88. The Morgan fingerprint density at radius 3 is 2.20 bits per heavy atom. The van der Waals surface area contributed by atoms with Crippen LogP contribution in [0.2, 0.25) is 0 Å². The van der Waals surface area contributed by atoms with Crippen molar-refractivity contribution in [2.75, 3.05) is 0 Å². The monoisotopic (exact) mass is 673 g/mol. The van der Waals surface area contributed by atoms with Crippen LogP contribution in [0.3, 0.4) is 0 Å². The lowest BCUT2D eigenvalue weighted by atomic mass is 9.87. The molecule has 0 amide bonds. The van der Waals surface area contributed by atoms with Gasteiger partial charge in [-0.25, -0.2) is 15.0 Å². The Kier molecular flexibility index (Phi) is 6.18. The van der Waals surface area contributed by atoms with E-state index < -0.39 is 0 Å². The third kappa shape index (κ3) is 4.50. The largest absolute Gasteiger partial charge is 0.456 e. The molecule has 51 heavy (non-hydrogen) atoms. The molecular weight excluding hydrogens is 647 g/mol. The average molecular weight is 674 g/mol. The Morgan fingerprint density at radius 1 is 0.529 bits per heavy atom. The summed E-state index contributed by atoms with van der Waals surface area (Å²) in [5.41, 5.74) is 7.70. The van der Waals surface area contributed by atoms with Crippen LogP contribution in [0.1, 0.15) is 29.5 Å². The number of fused-ring (bicyclic) bond motifs is 9. The molecule has 1 aliphatic rings.